The fraction of sp³-hybridized carbons (Fsp3) is 0.278. The van der Waals surface area contributed by atoms with Crippen LogP contribution in [0.25, 0.3) is 0 Å². The summed E-state index contributed by atoms with van der Waals surface area (Å²) >= 11 is 19.2. The van der Waals surface area contributed by atoms with Gasteiger partial charge in [-0.15, -0.1) is 0 Å². The summed E-state index contributed by atoms with van der Waals surface area (Å²) in [5.41, 5.74) is 1.46. The first-order valence-electron chi connectivity index (χ1n) is 15.5. The maximum absolute atomic E-state index is 14.7. The van der Waals surface area contributed by atoms with Crippen molar-refractivity contribution in [3.63, 3.8) is 0 Å². The van der Waals surface area contributed by atoms with Crippen molar-refractivity contribution in [3.8, 4) is 5.75 Å². The normalized spacial score (nSPS) is 12.5. The van der Waals surface area contributed by atoms with Gasteiger partial charge in [0.05, 0.1) is 17.2 Å². The van der Waals surface area contributed by atoms with Gasteiger partial charge < -0.3 is 15.0 Å². The minimum atomic E-state index is -4.31. The Morgan fingerprint density at radius 2 is 1.46 bits per heavy atom. The third-order valence-corrected chi connectivity index (χ3v) is 10.5. The van der Waals surface area contributed by atoms with Gasteiger partial charge in [-0.3, -0.25) is 13.9 Å². The Hall–Kier alpha value is -3.76. The molecule has 0 bridgehead atoms. The summed E-state index contributed by atoms with van der Waals surface area (Å²) in [5, 5.41) is 3.97. The zero-order valence-corrected chi connectivity index (χ0v) is 30.0. The maximum Gasteiger partial charge on any atom is 0.264 e. The molecule has 0 aliphatic heterocycles. The molecule has 8 nitrogen and oxygen atoms in total. The van der Waals surface area contributed by atoms with E-state index < -0.39 is 34.4 Å². The lowest BCUT2D eigenvalue weighted by Crippen LogP contribution is -2.54. The molecule has 0 aliphatic carbocycles. The van der Waals surface area contributed by atoms with Crippen LogP contribution in [-0.2, 0) is 32.6 Å². The van der Waals surface area contributed by atoms with Gasteiger partial charge in [0.2, 0.25) is 11.8 Å². The number of anilines is 1. The highest BCUT2D eigenvalue weighted by Crippen LogP contribution is 2.30. The molecule has 0 saturated carbocycles. The molecule has 0 saturated heterocycles. The highest BCUT2D eigenvalue weighted by atomic mass is 35.5. The Morgan fingerprint density at radius 1 is 0.833 bits per heavy atom. The van der Waals surface area contributed by atoms with E-state index >= 15 is 0 Å². The Kier molecular flexibility index (Phi) is 13.2. The predicted octanol–water partition coefficient (Wildman–Crippen LogP) is 7.80. The Balaban J connectivity index is 1.84. The number of hydrogen-bond donors (Lipinski definition) is 1. The number of nitrogens with one attached hydrogen (secondary N) is 1. The van der Waals surface area contributed by atoms with Gasteiger partial charge >= 0.3 is 0 Å². The lowest BCUT2D eigenvalue weighted by atomic mass is 10.0. The largest absolute Gasteiger partial charge is 0.494 e. The van der Waals surface area contributed by atoms with Gasteiger partial charge in [0.15, 0.2) is 0 Å². The fourth-order valence-electron chi connectivity index (χ4n) is 4.99. The number of nitrogens with zero attached hydrogens (tertiary/aromatic N) is 2. The zero-order chi connectivity index (χ0) is 34.8. The van der Waals surface area contributed by atoms with Crippen molar-refractivity contribution in [3.05, 3.63) is 123 Å². The van der Waals surface area contributed by atoms with E-state index in [4.69, 9.17) is 39.5 Å². The first-order valence-corrected chi connectivity index (χ1v) is 18.1. The van der Waals surface area contributed by atoms with Crippen LogP contribution in [0.4, 0.5) is 5.69 Å². The second-order valence-corrected chi connectivity index (χ2v) is 14.3. The van der Waals surface area contributed by atoms with Crippen molar-refractivity contribution in [2.75, 3.05) is 17.5 Å². The quantitative estimate of drug-likeness (QED) is 0.135. The van der Waals surface area contributed by atoms with E-state index in [-0.39, 0.29) is 29.6 Å². The molecule has 0 unspecified atom stereocenters. The van der Waals surface area contributed by atoms with Gasteiger partial charge in [-0.05, 0) is 86.5 Å². The van der Waals surface area contributed by atoms with Crippen LogP contribution in [0.1, 0.15) is 38.3 Å². The number of benzene rings is 4. The number of hydrogen-bond acceptors (Lipinski definition) is 5. The summed E-state index contributed by atoms with van der Waals surface area (Å²) in [6.45, 7) is 5.29. The van der Waals surface area contributed by atoms with Gasteiger partial charge in [-0.2, -0.15) is 0 Å². The van der Waals surface area contributed by atoms with Crippen LogP contribution in [0.15, 0.2) is 102 Å². The van der Waals surface area contributed by atoms with Gasteiger partial charge in [0.1, 0.15) is 18.3 Å². The molecule has 0 heterocycles. The average Bonchev–Trinajstić information content (AvgIpc) is 3.07. The molecule has 0 aromatic heterocycles. The van der Waals surface area contributed by atoms with Crippen molar-refractivity contribution in [2.24, 2.45) is 0 Å². The molecule has 1 N–H and O–H groups in total. The Bertz CT molecular complexity index is 1770. The van der Waals surface area contributed by atoms with E-state index in [2.05, 4.69) is 5.32 Å². The zero-order valence-electron chi connectivity index (χ0n) is 26.9. The lowest BCUT2D eigenvalue weighted by molar-refractivity contribution is -0.140. The minimum Gasteiger partial charge on any atom is -0.494 e. The number of halogens is 3. The second kappa shape index (κ2) is 17.1. The number of carbonyl (C=O) groups excluding carboxylic acids is 2. The summed E-state index contributed by atoms with van der Waals surface area (Å²) in [4.78, 5) is 29.9. The van der Waals surface area contributed by atoms with E-state index in [1.807, 2.05) is 51.1 Å². The van der Waals surface area contributed by atoms with Crippen LogP contribution >= 0.6 is 34.8 Å². The first kappa shape index (κ1) is 37.1. The van der Waals surface area contributed by atoms with E-state index in [1.165, 1.54) is 29.2 Å². The molecule has 12 heteroatoms. The maximum atomic E-state index is 14.7. The van der Waals surface area contributed by atoms with Gasteiger partial charge in [0.25, 0.3) is 10.0 Å². The number of amides is 2. The molecule has 0 spiro atoms. The summed E-state index contributed by atoms with van der Waals surface area (Å²) < 4.78 is 35.0. The molecule has 48 heavy (non-hydrogen) atoms. The smallest absolute Gasteiger partial charge is 0.264 e. The molecule has 254 valence electrons. The van der Waals surface area contributed by atoms with E-state index in [9.17, 15) is 18.0 Å². The first-order chi connectivity index (χ1) is 22.9. The minimum absolute atomic E-state index is 0.0652. The highest BCUT2D eigenvalue weighted by Gasteiger charge is 2.35. The van der Waals surface area contributed by atoms with Crippen LogP contribution < -0.4 is 14.4 Å². The number of ether oxygens (including phenoxy) is 1. The van der Waals surface area contributed by atoms with E-state index in [0.29, 0.717) is 39.4 Å². The molecular formula is C36H38Cl3N3O5S. The summed E-state index contributed by atoms with van der Waals surface area (Å²) in [6.07, 6.45) is 0.822. The molecular weight excluding hydrogens is 693 g/mol. The summed E-state index contributed by atoms with van der Waals surface area (Å²) in [7, 11) is -4.31. The third-order valence-electron chi connectivity index (χ3n) is 7.78. The second-order valence-electron chi connectivity index (χ2n) is 11.1. The van der Waals surface area contributed by atoms with Gasteiger partial charge in [-0.25, -0.2) is 8.42 Å². The van der Waals surface area contributed by atoms with Crippen LogP contribution in [0.5, 0.6) is 5.75 Å². The molecule has 4 rings (SSSR count). The summed E-state index contributed by atoms with van der Waals surface area (Å²) in [6, 6.07) is 25.1. The topological polar surface area (TPSA) is 96.0 Å². The van der Waals surface area contributed by atoms with Crippen molar-refractivity contribution < 1.29 is 22.7 Å². The van der Waals surface area contributed by atoms with E-state index in [1.54, 1.807) is 42.5 Å². The Labute approximate surface area is 297 Å². The number of sulfonamides is 1. The average molecular weight is 731 g/mol. The van der Waals surface area contributed by atoms with Crippen molar-refractivity contribution in [1.82, 2.24) is 10.2 Å². The monoisotopic (exact) mass is 729 g/mol. The molecule has 2 amide bonds. The molecule has 4 aromatic rings. The fourth-order valence-corrected chi connectivity index (χ4v) is 7.04. The molecule has 0 fully saturated rings. The summed E-state index contributed by atoms with van der Waals surface area (Å²) in [5.74, 6) is -0.494. The molecule has 0 aliphatic rings. The standard InChI is InChI=1S/C36H38Cl3N3O5S/c1-4-25(3)40-36(44)34(22-26-10-7-6-8-11-26)41(23-31-32(38)12-9-13-33(31)39)35(43)24-42(28-16-18-29(19-17-28)47-5-2)48(45,46)30-20-14-27(37)15-21-30/h6-21,25,34H,4-5,22-24H2,1-3H3,(H,40,44)/t25-,34+/m0/s1. The van der Waals surface area contributed by atoms with Crippen LogP contribution in [0.3, 0.4) is 0 Å². The molecule has 0 radical (unpaired) electrons. The predicted molar refractivity (Wildman–Crippen MR) is 192 cm³/mol. The number of carbonyl (C=O) groups is 2. The molecule has 4 aromatic carbocycles. The van der Waals surface area contributed by atoms with Gasteiger partial charge in [-0.1, -0.05) is 78.1 Å². The van der Waals surface area contributed by atoms with Crippen LogP contribution in [0, 0.1) is 0 Å². The van der Waals surface area contributed by atoms with Crippen LogP contribution in [0.2, 0.25) is 15.1 Å². The third kappa shape index (κ3) is 9.44. The van der Waals surface area contributed by atoms with Crippen molar-refractivity contribution in [2.45, 2.75) is 57.1 Å². The molecule has 2 atom stereocenters. The van der Waals surface area contributed by atoms with E-state index in [0.717, 1.165) is 9.87 Å². The lowest BCUT2D eigenvalue weighted by Gasteiger charge is -2.34. The van der Waals surface area contributed by atoms with Gasteiger partial charge in [0, 0.05) is 39.6 Å². The Morgan fingerprint density at radius 3 is 2.04 bits per heavy atom. The number of rotatable bonds is 15. The SMILES string of the molecule is CCOc1ccc(N(CC(=O)N(Cc2c(Cl)cccc2Cl)[C@H](Cc2ccccc2)C(=O)N[C@@H](C)CC)S(=O)(=O)c2ccc(Cl)cc2)cc1. The highest BCUT2D eigenvalue weighted by molar-refractivity contribution is 7.92. The van der Waals surface area contributed by atoms with Crippen molar-refractivity contribution >= 4 is 62.3 Å². The van der Waals surface area contributed by atoms with Crippen molar-refractivity contribution in [1.29, 1.82) is 0 Å². The van der Waals surface area contributed by atoms with Crippen LogP contribution in [-0.4, -0.2) is 50.4 Å².